The summed E-state index contributed by atoms with van der Waals surface area (Å²) < 4.78 is 11.0. The first kappa shape index (κ1) is 50.2. The van der Waals surface area contributed by atoms with Gasteiger partial charge in [-0.05, 0) is 82.8 Å². The van der Waals surface area contributed by atoms with Gasteiger partial charge in [-0.3, -0.25) is 19.2 Å². The Morgan fingerprint density at radius 3 is 1.69 bits per heavy atom. The van der Waals surface area contributed by atoms with Crippen LogP contribution in [0, 0.1) is 17.8 Å². The number of carbonyl (C=O) groups excluding carboxylic acids is 6. The zero-order valence-electron chi connectivity index (χ0n) is 41.2. The van der Waals surface area contributed by atoms with Gasteiger partial charge in [0.25, 0.3) is 0 Å². The van der Waals surface area contributed by atoms with Gasteiger partial charge in [0.1, 0.15) is 27.8 Å². The summed E-state index contributed by atoms with van der Waals surface area (Å²) in [5.41, 5.74) is -6.08. The fourth-order valence-electron chi connectivity index (χ4n) is 10.2. The van der Waals surface area contributed by atoms with Crippen molar-refractivity contribution in [2.75, 3.05) is 7.11 Å². The van der Waals surface area contributed by atoms with Gasteiger partial charge in [-0.15, -0.1) is 0 Å². The second-order valence-electron chi connectivity index (χ2n) is 21.0. The third-order valence-electron chi connectivity index (χ3n) is 13.3. The van der Waals surface area contributed by atoms with Gasteiger partial charge in [-0.25, -0.2) is 9.59 Å². The van der Waals surface area contributed by atoms with Crippen molar-refractivity contribution < 1.29 is 38.2 Å². The average molecular weight is 916 g/mol. The quantitative estimate of drug-likeness (QED) is 0.0798. The first-order chi connectivity index (χ1) is 31.4. The summed E-state index contributed by atoms with van der Waals surface area (Å²) in [5, 5.41) is 16.2. The third-order valence-corrected chi connectivity index (χ3v) is 13.3. The minimum absolute atomic E-state index is 0.0478. The van der Waals surface area contributed by atoms with E-state index in [2.05, 4.69) is 26.6 Å². The number of amides is 1. The molecule has 4 heterocycles. The number of hydrogen-bond donors (Lipinski definition) is 5. The maximum atomic E-state index is 15.7. The Balaban J connectivity index is 1.41. The topological polar surface area (TPSA) is 181 Å². The summed E-state index contributed by atoms with van der Waals surface area (Å²) in [6, 6.07) is 18.7. The molecule has 2 aromatic rings. The molecule has 2 aromatic carbocycles. The van der Waals surface area contributed by atoms with Crippen molar-refractivity contribution in [3.05, 3.63) is 131 Å². The van der Waals surface area contributed by atoms with Crippen molar-refractivity contribution in [3.8, 4) is 0 Å². The summed E-state index contributed by atoms with van der Waals surface area (Å²) in [6.45, 7) is 20.5. The molecule has 67 heavy (non-hydrogen) atoms. The van der Waals surface area contributed by atoms with Crippen LogP contribution in [-0.4, -0.2) is 75.6 Å². The van der Waals surface area contributed by atoms with Crippen LogP contribution in [0.15, 0.2) is 119 Å². The maximum Gasteiger partial charge on any atom is 0.408 e. The van der Waals surface area contributed by atoms with Gasteiger partial charge < -0.3 is 36.1 Å². The Morgan fingerprint density at radius 2 is 1.18 bits per heavy atom. The molecule has 0 saturated heterocycles. The Bertz CT molecular complexity index is 2460. The molecule has 5 N–H and O–H groups in total. The number of hydrogen-bond acceptors (Lipinski definition) is 12. The Hall–Kier alpha value is -6.24. The zero-order valence-corrected chi connectivity index (χ0v) is 41.2. The molecular formula is C54H69N5O8. The summed E-state index contributed by atoms with van der Waals surface area (Å²) in [7, 11) is 1.17. The predicted molar refractivity (Wildman–Crippen MR) is 258 cm³/mol. The van der Waals surface area contributed by atoms with Crippen LogP contribution < -0.4 is 26.6 Å². The highest BCUT2D eigenvalue weighted by molar-refractivity contribution is 6.26. The molecule has 0 aliphatic carbocycles. The number of methoxy groups -OCH3 is 1. The van der Waals surface area contributed by atoms with Crippen molar-refractivity contribution in [2.45, 2.75) is 142 Å². The number of allylic oxidation sites excluding steroid dienone is 1. The highest BCUT2D eigenvalue weighted by Gasteiger charge is 2.65. The van der Waals surface area contributed by atoms with Crippen molar-refractivity contribution in [3.63, 3.8) is 0 Å². The van der Waals surface area contributed by atoms with E-state index in [4.69, 9.17) is 9.47 Å². The highest BCUT2D eigenvalue weighted by atomic mass is 16.6. The lowest BCUT2D eigenvalue weighted by Crippen LogP contribution is -2.62. The van der Waals surface area contributed by atoms with E-state index in [0.717, 1.165) is 11.1 Å². The molecule has 4 aliphatic rings. The predicted octanol–water partition coefficient (Wildman–Crippen LogP) is 7.19. The standard InChI is InChI=1S/C54H69N5O8/c1-33(2)23-24-50(27-37-19-15-13-16-20-37)43(60)39(29-55-50)51(25-34(3)4)44(61)40(30-56-51)52(26-35(5)6)45(62)42(32-57-52)54(36(7)8)46(63)41(31-58-54)53(47(64)66-12,28-38-21-17-14-18-22-38)59-48(65)67-49(9,10)11/h13-23,29-32,34-36,55-58H,24-28H2,1-12H3,(H,59,65)/t50-,51?,52+,53+,54?/m1/s1. The SMILES string of the molecule is COC(=O)[C@@](Cc1ccccc1)(NC(=O)OC(C)(C)C)C1=CNC(C2=CN[C@@](CC(C)C)(C3=CNC(CC(C)C)(C4=CN[C@](CC=C(C)C)(Cc5ccccc5)C4=O)C3=O)C2=O)(C(C)C)C1=O. The van der Waals surface area contributed by atoms with Crippen LogP contribution in [0.3, 0.4) is 0 Å². The van der Waals surface area contributed by atoms with E-state index >= 15 is 19.2 Å². The number of esters is 1. The molecule has 0 spiro atoms. The molecule has 5 atom stereocenters. The molecule has 1 amide bonds. The van der Waals surface area contributed by atoms with E-state index in [1.807, 2.05) is 84.0 Å². The monoisotopic (exact) mass is 916 g/mol. The lowest BCUT2D eigenvalue weighted by molar-refractivity contribution is -0.148. The number of rotatable bonds is 17. The molecule has 0 saturated carbocycles. The van der Waals surface area contributed by atoms with Crippen molar-refractivity contribution >= 4 is 35.2 Å². The van der Waals surface area contributed by atoms with Gasteiger partial charge in [0.2, 0.25) is 0 Å². The number of alkyl carbamates (subject to hydrolysis) is 1. The number of benzene rings is 2. The molecule has 6 rings (SSSR count). The Kier molecular flexibility index (Phi) is 14.1. The van der Waals surface area contributed by atoms with Crippen LogP contribution in [-0.2, 0) is 46.3 Å². The highest BCUT2D eigenvalue weighted by Crippen LogP contribution is 2.48. The first-order valence-electron chi connectivity index (χ1n) is 23.4. The minimum atomic E-state index is -2.11. The van der Waals surface area contributed by atoms with Crippen molar-refractivity contribution in [1.82, 2.24) is 26.6 Å². The molecule has 4 aliphatic heterocycles. The van der Waals surface area contributed by atoms with Crippen LogP contribution in [0.2, 0.25) is 0 Å². The van der Waals surface area contributed by atoms with Crippen LogP contribution in [0.4, 0.5) is 4.79 Å². The Morgan fingerprint density at radius 1 is 0.672 bits per heavy atom. The number of carbonyl (C=O) groups is 6. The average Bonchev–Trinajstić information content (AvgIpc) is 3.97. The minimum Gasteiger partial charge on any atom is -0.467 e. The molecular weight excluding hydrogens is 847 g/mol. The summed E-state index contributed by atoms with van der Waals surface area (Å²) in [6.07, 6.45) is 8.25. The van der Waals surface area contributed by atoms with E-state index in [0.29, 0.717) is 24.0 Å². The van der Waals surface area contributed by atoms with E-state index in [9.17, 15) is 9.59 Å². The van der Waals surface area contributed by atoms with Gasteiger partial charge in [0, 0.05) is 54.4 Å². The van der Waals surface area contributed by atoms with E-state index in [1.54, 1.807) is 71.3 Å². The van der Waals surface area contributed by atoms with Crippen LogP contribution in [0.25, 0.3) is 0 Å². The smallest absolute Gasteiger partial charge is 0.408 e. The molecule has 13 heteroatoms. The lowest BCUT2D eigenvalue weighted by Gasteiger charge is -2.39. The maximum absolute atomic E-state index is 15.7. The van der Waals surface area contributed by atoms with E-state index in [-0.39, 0.29) is 53.6 Å². The number of nitrogens with one attached hydrogen (secondary N) is 5. The van der Waals surface area contributed by atoms with Crippen LogP contribution in [0.1, 0.15) is 107 Å². The second-order valence-corrected chi connectivity index (χ2v) is 21.0. The van der Waals surface area contributed by atoms with Gasteiger partial charge in [-0.1, -0.05) is 114 Å². The number of ketones is 4. The largest absolute Gasteiger partial charge is 0.467 e. The van der Waals surface area contributed by atoms with Crippen LogP contribution in [0.5, 0.6) is 0 Å². The second kappa shape index (κ2) is 18.8. The van der Waals surface area contributed by atoms with Gasteiger partial charge >= 0.3 is 12.1 Å². The fraction of sp³-hybridized carbons (Fsp3) is 0.481. The molecule has 0 fully saturated rings. The normalized spacial score (nSPS) is 25.7. The fourth-order valence-corrected chi connectivity index (χ4v) is 10.2. The van der Waals surface area contributed by atoms with E-state index in [1.165, 1.54) is 19.5 Å². The van der Waals surface area contributed by atoms with Gasteiger partial charge in [0.15, 0.2) is 28.7 Å². The van der Waals surface area contributed by atoms with Crippen LogP contribution >= 0.6 is 0 Å². The molecule has 0 bridgehead atoms. The van der Waals surface area contributed by atoms with Gasteiger partial charge in [0.05, 0.1) is 12.7 Å². The molecule has 2 unspecified atom stereocenters. The number of ether oxygens (including phenoxy) is 2. The lowest BCUT2D eigenvalue weighted by atomic mass is 9.66. The number of Topliss-reactive ketones (excluding diaryl/α,β-unsaturated/α-hetero) is 4. The summed E-state index contributed by atoms with van der Waals surface area (Å²) >= 11 is 0. The molecule has 358 valence electrons. The van der Waals surface area contributed by atoms with Crippen molar-refractivity contribution in [2.24, 2.45) is 17.8 Å². The first-order valence-corrected chi connectivity index (χ1v) is 23.4. The van der Waals surface area contributed by atoms with Crippen molar-refractivity contribution in [1.29, 1.82) is 0 Å². The molecule has 13 nitrogen and oxygen atoms in total. The molecule has 0 aromatic heterocycles. The molecule has 0 radical (unpaired) electrons. The Labute approximate surface area is 395 Å². The zero-order chi connectivity index (χ0) is 49.3. The van der Waals surface area contributed by atoms with E-state index < -0.39 is 68.6 Å². The summed E-state index contributed by atoms with van der Waals surface area (Å²) in [4.78, 5) is 90.0. The van der Waals surface area contributed by atoms with Gasteiger partial charge in [-0.2, -0.15) is 0 Å². The summed E-state index contributed by atoms with van der Waals surface area (Å²) in [5.74, 6) is -3.49. The third kappa shape index (κ3) is 9.13.